The molecule has 2 rings (SSSR count). The molecule has 6 nitrogen and oxygen atoms in total. The number of benzene rings is 1. The number of amides is 2. The van der Waals surface area contributed by atoms with Crippen molar-refractivity contribution in [3.8, 4) is 11.5 Å². The van der Waals surface area contributed by atoms with Crippen LogP contribution in [-0.2, 0) is 4.79 Å². The lowest BCUT2D eigenvalue weighted by Gasteiger charge is -2.32. The van der Waals surface area contributed by atoms with Crippen LogP contribution in [0.1, 0.15) is 37.0 Å². The fourth-order valence-corrected chi connectivity index (χ4v) is 2.94. The Bertz CT molecular complexity index is 607. The fourth-order valence-electron chi connectivity index (χ4n) is 2.94. The minimum absolute atomic E-state index is 0.00520. The fraction of sp³-hybridized carbons (Fsp3) is 0.579. The second-order valence-corrected chi connectivity index (χ2v) is 6.71. The normalized spacial score (nSPS) is 15.2. The molecule has 1 saturated heterocycles. The van der Waals surface area contributed by atoms with Gasteiger partial charge in [0.25, 0.3) is 5.91 Å². The molecule has 6 heteroatoms. The van der Waals surface area contributed by atoms with Crippen LogP contribution in [0.25, 0.3) is 0 Å². The van der Waals surface area contributed by atoms with E-state index in [0.717, 1.165) is 12.8 Å². The van der Waals surface area contributed by atoms with E-state index in [0.29, 0.717) is 42.6 Å². The first-order valence-electron chi connectivity index (χ1n) is 8.75. The molecular formula is C19H28N2O4. The van der Waals surface area contributed by atoms with Gasteiger partial charge in [-0.25, -0.2) is 0 Å². The van der Waals surface area contributed by atoms with Crippen LogP contribution < -0.4 is 14.8 Å². The largest absolute Gasteiger partial charge is 0.493 e. The zero-order chi connectivity index (χ0) is 18.4. The summed E-state index contributed by atoms with van der Waals surface area (Å²) >= 11 is 0. The first-order chi connectivity index (χ1) is 12.0. The molecule has 1 aliphatic heterocycles. The van der Waals surface area contributed by atoms with Crippen molar-refractivity contribution in [2.45, 2.75) is 26.7 Å². The van der Waals surface area contributed by atoms with Crippen molar-refractivity contribution in [1.82, 2.24) is 10.2 Å². The number of carbonyl (C=O) groups excluding carboxylic acids is 2. The number of ether oxygens (including phenoxy) is 2. The summed E-state index contributed by atoms with van der Waals surface area (Å²) < 4.78 is 10.5. The zero-order valence-corrected chi connectivity index (χ0v) is 15.5. The topological polar surface area (TPSA) is 67.9 Å². The van der Waals surface area contributed by atoms with E-state index in [1.807, 2.05) is 18.7 Å². The second-order valence-electron chi connectivity index (χ2n) is 6.71. The highest BCUT2D eigenvalue weighted by molar-refractivity contribution is 5.95. The molecule has 1 fully saturated rings. The van der Waals surface area contributed by atoms with Crippen molar-refractivity contribution >= 4 is 11.8 Å². The van der Waals surface area contributed by atoms with E-state index >= 15 is 0 Å². The smallest absolute Gasteiger partial charge is 0.253 e. The van der Waals surface area contributed by atoms with Crippen LogP contribution in [0.3, 0.4) is 0 Å². The molecule has 0 spiro atoms. The van der Waals surface area contributed by atoms with Crippen molar-refractivity contribution in [2.24, 2.45) is 11.8 Å². The Balaban J connectivity index is 1.90. The average Bonchev–Trinajstić information content (AvgIpc) is 2.65. The molecule has 0 atom stereocenters. The first-order valence-corrected chi connectivity index (χ1v) is 8.75. The van der Waals surface area contributed by atoms with Crippen LogP contribution in [0.15, 0.2) is 18.2 Å². The number of nitrogens with zero attached hydrogens (tertiary/aromatic N) is 1. The van der Waals surface area contributed by atoms with Crippen LogP contribution in [-0.4, -0.2) is 50.6 Å². The molecule has 0 saturated carbocycles. The van der Waals surface area contributed by atoms with Crippen molar-refractivity contribution in [2.75, 3.05) is 33.9 Å². The highest BCUT2D eigenvalue weighted by Crippen LogP contribution is 2.28. The Hall–Kier alpha value is -2.24. The zero-order valence-electron chi connectivity index (χ0n) is 15.5. The van der Waals surface area contributed by atoms with Crippen LogP contribution in [0.5, 0.6) is 11.5 Å². The SMILES string of the molecule is COc1ccc(C(=O)N2CCC(CNC(=O)C(C)C)CC2)cc1OC. The van der Waals surface area contributed by atoms with Crippen LogP contribution in [0, 0.1) is 11.8 Å². The summed E-state index contributed by atoms with van der Waals surface area (Å²) in [5, 5.41) is 2.98. The van der Waals surface area contributed by atoms with Crippen molar-refractivity contribution in [3.05, 3.63) is 23.8 Å². The number of likely N-dealkylation sites (tertiary alicyclic amines) is 1. The number of piperidine rings is 1. The number of hydrogen-bond acceptors (Lipinski definition) is 4. The third kappa shape index (κ3) is 4.87. The quantitative estimate of drug-likeness (QED) is 0.857. The molecule has 0 aromatic heterocycles. The van der Waals surface area contributed by atoms with Gasteiger partial charge in [0, 0.05) is 31.1 Å². The van der Waals surface area contributed by atoms with Gasteiger partial charge in [-0.2, -0.15) is 0 Å². The Morgan fingerprint density at radius 1 is 1.16 bits per heavy atom. The van der Waals surface area contributed by atoms with Crippen LogP contribution in [0.4, 0.5) is 0 Å². The van der Waals surface area contributed by atoms with Gasteiger partial charge in [-0.3, -0.25) is 9.59 Å². The molecule has 1 heterocycles. The van der Waals surface area contributed by atoms with E-state index in [9.17, 15) is 9.59 Å². The Morgan fingerprint density at radius 2 is 1.80 bits per heavy atom. The van der Waals surface area contributed by atoms with Crippen molar-refractivity contribution in [3.63, 3.8) is 0 Å². The summed E-state index contributed by atoms with van der Waals surface area (Å²) in [4.78, 5) is 26.2. The van der Waals surface area contributed by atoms with Gasteiger partial charge in [0.05, 0.1) is 14.2 Å². The molecule has 0 bridgehead atoms. The number of carbonyl (C=O) groups is 2. The lowest BCUT2D eigenvalue weighted by molar-refractivity contribution is -0.124. The van der Waals surface area contributed by atoms with Gasteiger partial charge in [-0.15, -0.1) is 0 Å². The number of rotatable bonds is 6. The molecule has 0 aliphatic carbocycles. The first kappa shape index (κ1) is 19.1. The monoisotopic (exact) mass is 348 g/mol. The van der Waals surface area contributed by atoms with Crippen LogP contribution in [0.2, 0.25) is 0 Å². The molecular weight excluding hydrogens is 320 g/mol. The Morgan fingerprint density at radius 3 is 2.36 bits per heavy atom. The summed E-state index contributed by atoms with van der Waals surface area (Å²) in [6, 6.07) is 5.23. The van der Waals surface area contributed by atoms with Gasteiger partial charge in [0.15, 0.2) is 11.5 Å². The number of hydrogen-bond donors (Lipinski definition) is 1. The van der Waals surface area contributed by atoms with Crippen molar-refractivity contribution < 1.29 is 19.1 Å². The lowest BCUT2D eigenvalue weighted by atomic mass is 9.96. The van der Waals surface area contributed by atoms with E-state index in [4.69, 9.17) is 9.47 Å². The molecule has 138 valence electrons. The minimum atomic E-state index is 0.00520. The third-order valence-corrected chi connectivity index (χ3v) is 4.62. The van der Waals surface area contributed by atoms with E-state index in [2.05, 4.69) is 5.32 Å². The molecule has 1 aliphatic rings. The highest BCUT2D eigenvalue weighted by Gasteiger charge is 2.24. The Labute approximate surface area is 149 Å². The van der Waals surface area contributed by atoms with Gasteiger partial charge >= 0.3 is 0 Å². The van der Waals surface area contributed by atoms with Gasteiger partial charge in [0.2, 0.25) is 5.91 Å². The second kappa shape index (κ2) is 8.74. The molecule has 25 heavy (non-hydrogen) atoms. The predicted octanol–water partition coefficient (Wildman–Crippen LogP) is 2.33. The molecule has 1 aromatic rings. The summed E-state index contributed by atoms with van der Waals surface area (Å²) in [5.41, 5.74) is 0.601. The van der Waals surface area contributed by atoms with Gasteiger partial charge in [-0.05, 0) is 37.0 Å². The van der Waals surface area contributed by atoms with E-state index in [1.54, 1.807) is 32.4 Å². The number of methoxy groups -OCH3 is 2. The van der Waals surface area contributed by atoms with E-state index < -0.39 is 0 Å². The Kier molecular flexibility index (Phi) is 6.67. The standard InChI is InChI=1S/C19H28N2O4/c1-13(2)18(22)20-12-14-7-9-21(10-8-14)19(23)15-5-6-16(24-3)17(11-15)25-4/h5-6,11,13-14H,7-10,12H2,1-4H3,(H,20,22). The number of nitrogens with one attached hydrogen (secondary N) is 1. The summed E-state index contributed by atoms with van der Waals surface area (Å²) in [6.45, 7) is 5.87. The molecule has 2 amide bonds. The maximum Gasteiger partial charge on any atom is 0.253 e. The van der Waals surface area contributed by atoms with E-state index in [-0.39, 0.29) is 17.7 Å². The lowest BCUT2D eigenvalue weighted by Crippen LogP contribution is -2.42. The predicted molar refractivity (Wildman–Crippen MR) is 96.0 cm³/mol. The summed E-state index contributed by atoms with van der Waals surface area (Å²) in [5.74, 6) is 1.69. The third-order valence-electron chi connectivity index (χ3n) is 4.62. The van der Waals surface area contributed by atoms with Gasteiger partial charge < -0.3 is 19.7 Å². The maximum atomic E-state index is 12.7. The molecule has 1 aromatic carbocycles. The van der Waals surface area contributed by atoms with Crippen molar-refractivity contribution in [1.29, 1.82) is 0 Å². The molecule has 0 radical (unpaired) electrons. The van der Waals surface area contributed by atoms with Gasteiger partial charge in [-0.1, -0.05) is 13.8 Å². The van der Waals surface area contributed by atoms with Gasteiger partial charge in [0.1, 0.15) is 0 Å². The summed E-state index contributed by atoms with van der Waals surface area (Å²) in [6.07, 6.45) is 1.80. The van der Waals surface area contributed by atoms with Crippen LogP contribution >= 0.6 is 0 Å². The average molecular weight is 348 g/mol. The maximum absolute atomic E-state index is 12.7. The highest BCUT2D eigenvalue weighted by atomic mass is 16.5. The summed E-state index contributed by atoms with van der Waals surface area (Å²) in [7, 11) is 3.13. The van der Waals surface area contributed by atoms with E-state index in [1.165, 1.54) is 0 Å². The molecule has 1 N–H and O–H groups in total. The molecule has 0 unspecified atom stereocenters. The minimum Gasteiger partial charge on any atom is -0.493 e.